The monoisotopic (exact) mass is 437 g/mol. The lowest BCUT2D eigenvalue weighted by Gasteiger charge is -2.09. The van der Waals surface area contributed by atoms with E-state index in [9.17, 15) is 13.2 Å². The van der Waals surface area contributed by atoms with Crippen molar-refractivity contribution in [2.75, 3.05) is 11.9 Å². The van der Waals surface area contributed by atoms with Gasteiger partial charge in [0.05, 0.1) is 22.7 Å². The first-order valence-electron chi connectivity index (χ1n) is 8.77. The Morgan fingerprint density at radius 1 is 1.17 bits per heavy atom. The number of sulfonamides is 1. The zero-order valence-corrected chi connectivity index (χ0v) is 17.1. The van der Waals surface area contributed by atoms with Crippen LogP contribution in [0.15, 0.2) is 71.2 Å². The molecule has 1 amide bonds. The van der Waals surface area contributed by atoms with E-state index < -0.39 is 22.5 Å². The molecule has 0 bridgehead atoms. The Hall–Kier alpha value is -3.52. The number of nitriles is 1. The van der Waals surface area contributed by atoms with Crippen LogP contribution < -0.4 is 10.0 Å². The molecule has 2 N–H and O–H groups in total. The van der Waals surface area contributed by atoms with E-state index in [0.29, 0.717) is 5.69 Å². The van der Waals surface area contributed by atoms with E-state index in [2.05, 4.69) is 15.0 Å². The molecule has 4 rings (SSSR count). The molecule has 2 aromatic carbocycles. The third-order valence-corrected chi connectivity index (χ3v) is 6.51. The fourth-order valence-electron chi connectivity index (χ4n) is 2.83. The number of hydrogen-bond acceptors (Lipinski definition) is 6. The van der Waals surface area contributed by atoms with Crippen molar-refractivity contribution < 1.29 is 13.2 Å². The second-order valence-electron chi connectivity index (χ2n) is 6.28. The summed E-state index contributed by atoms with van der Waals surface area (Å²) in [4.78, 5) is 17.4. The van der Waals surface area contributed by atoms with Crippen LogP contribution in [0.5, 0.6) is 0 Å². The molecule has 0 aliphatic rings. The van der Waals surface area contributed by atoms with Crippen LogP contribution in [0.25, 0.3) is 16.2 Å². The molecule has 0 radical (unpaired) electrons. The van der Waals surface area contributed by atoms with Crippen molar-refractivity contribution in [3.05, 3.63) is 71.9 Å². The van der Waals surface area contributed by atoms with Crippen molar-refractivity contribution in [3.8, 4) is 17.3 Å². The van der Waals surface area contributed by atoms with Gasteiger partial charge >= 0.3 is 0 Å². The smallest absolute Gasteiger partial charge is 0.242 e. The highest BCUT2D eigenvalue weighted by molar-refractivity contribution is 7.89. The first-order valence-corrected chi connectivity index (χ1v) is 11.1. The van der Waals surface area contributed by atoms with E-state index in [1.54, 1.807) is 29.5 Å². The molecule has 0 spiro atoms. The Kier molecular flexibility index (Phi) is 5.33. The summed E-state index contributed by atoms with van der Waals surface area (Å²) in [5.74, 6) is -0.525. The van der Waals surface area contributed by atoms with E-state index in [0.717, 1.165) is 16.2 Å². The van der Waals surface area contributed by atoms with Crippen LogP contribution in [0.1, 0.15) is 5.56 Å². The van der Waals surface area contributed by atoms with Crippen LogP contribution in [0, 0.1) is 11.3 Å². The number of imidazole rings is 1. The van der Waals surface area contributed by atoms with Gasteiger partial charge < -0.3 is 5.32 Å². The van der Waals surface area contributed by atoms with Crippen molar-refractivity contribution in [2.45, 2.75) is 4.90 Å². The maximum Gasteiger partial charge on any atom is 0.242 e. The highest BCUT2D eigenvalue weighted by atomic mass is 32.2. The second kappa shape index (κ2) is 8.08. The first kappa shape index (κ1) is 19.8. The number of benzene rings is 2. The van der Waals surface area contributed by atoms with Gasteiger partial charge in [0, 0.05) is 29.0 Å². The van der Waals surface area contributed by atoms with E-state index in [1.165, 1.54) is 18.2 Å². The van der Waals surface area contributed by atoms with E-state index in [-0.39, 0.29) is 10.5 Å². The van der Waals surface area contributed by atoms with E-state index in [4.69, 9.17) is 5.26 Å². The molecule has 0 unspecified atom stereocenters. The van der Waals surface area contributed by atoms with E-state index >= 15 is 0 Å². The SMILES string of the molecule is N#Cc1ccccc1S(=O)(=O)NCC(=O)Nc1ccc(-c2cn3ccsc3n2)cc1. The van der Waals surface area contributed by atoms with Crippen molar-refractivity contribution in [1.82, 2.24) is 14.1 Å². The van der Waals surface area contributed by atoms with Gasteiger partial charge in [0.2, 0.25) is 15.9 Å². The number of thiazole rings is 1. The lowest BCUT2D eigenvalue weighted by Crippen LogP contribution is -2.33. The van der Waals surface area contributed by atoms with Crippen LogP contribution in [0.4, 0.5) is 5.69 Å². The lowest BCUT2D eigenvalue weighted by atomic mass is 10.1. The summed E-state index contributed by atoms with van der Waals surface area (Å²) >= 11 is 1.54. The topological polar surface area (TPSA) is 116 Å². The van der Waals surface area contributed by atoms with Crippen LogP contribution >= 0.6 is 11.3 Å². The lowest BCUT2D eigenvalue weighted by molar-refractivity contribution is -0.115. The molecule has 2 aromatic heterocycles. The summed E-state index contributed by atoms with van der Waals surface area (Å²) < 4.78 is 28.9. The molecule has 8 nitrogen and oxygen atoms in total. The average Bonchev–Trinajstić information content (AvgIpc) is 3.35. The molecule has 0 aliphatic carbocycles. The van der Waals surface area contributed by atoms with Gasteiger partial charge in [0.15, 0.2) is 4.96 Å². The number of nitrogens with zero attached hydrogens (tertiary/aromatic N) is 3. The van der Waals surface area contributed by atoms with Crippen molar-refractivity contribution in [2.24, 2.45) is 0 Å². The Bertz CT molecular complexity index is 1340. The van der Waals surface area contributed by atoms with Crippen LogP contribution in [0.2, 0.25) is 0 Å². The van der Waals surface area contributed by atoms with Crippen molar-refractivity contribution >= 4 is 37.9 Å². The molecule has 2 heterocycles. The molecule has 150 valence electrons. The molecule has 10 heteroatoms. The third-order valence-electron chi connectivity index (χ3n) is 4.28. The molecular weight excluding hydrogens is 422 g/mol. The largest absolute Gasteiger partial charge is 0.325 e. The maximum atomic E-state index is 12.4. The minimum atomic E-state index is -3.98. The first-order chi connectivity index (χ1) is 14.5. The van der Waals surface area contributed by atoms with E-state index in [1.807, 2.05) is 40.4 Å². The molecule has 0 fully saturated rings. The van der Waals surface area contributed by atoms with Gasteiger partial charge in [0.25, 0.3) is 0 Å². The number of hydrogen-bond donors (Lipinski definition) is 2. The average molecular weight is 438 g/mol. The Balaban J connectivity index is 1.39. The van der Waals surface area contributed by atoms with Crippen LogP contribution in [-0.2, 0) is 14.8 Å². The number of carbonyl (C=O) groups excluding carboxylic acids is 1. The Labute approximate surface area is 176 Å². The number of carbonyl (C=O) groups is 1. The summed E-state index contributed by atoms with van der Waals surface area (Å²) in [7, 11) is -3.98. The highest BCUT2D eigenvalue weighted by Gasteiger charge is 2.19. The maximum absolute atomic E-state index is 12.4. The van der Waals surface area contributed by atoms with Gasteiger partial charge in [-0.1, -0.05) is 24.3 Å². The molecule has 0 aliphatic heterocycles. The number of rotatable bonds is 6. The van der Waals surface area contributed by atoms with Crippen LogP contribution in [0.3, 0.4) is 0 Å². The minimum absolute atomic E-state index is 0.0140. The summed E-state index contributed by atoms with van der Waals surface area (Å²) in [6.45, 7) is -0.457. The van der Waals surface area contributed by atoms with Crippen molar-refractivity contribution in [1.29, 1.82) is 5.26 Å². The summed E-state index contributed by atoms with van der Waals surface area (Å²) in [6, 6.07) is 14.7. The highest BCUT2D eigenvalue weighted by Crippen LogP contribution is 2.23. The molecule has 0 atom stereocenters. The zero-order valence-electron chi connectivity index (χ0n) is 15.4. The zero-order chi connectivity index (χ0) is 21.1. The predicted molar refractivity (Wildman–Crippen MR) is 113 cm³/mol. The summed E-state index contributed by atoms with van der Waals surface area (Å²) in [5.41, 5.74) is 2.27. The molecule has 0 saturated carbocycles. The number of anilines is 1. The number of nitrogens with one attached hydrogen (secondary N) is 2. The standard InChI is InChI=1S/C20H15N5O3S2/c21-11-15-3-1-2-4-18(15)30(27,28)22-12-19(26)23-16-7-5-14(6-8-16)17-13-25-9-10-29-20(25)24-17/h1-10,13,22H,12H2,(H,23,26). The quantitative estimate of drug-likeness (QED) is 0.481. The predicted octanol–water partition coefficient (Wildman–Crippen LogP) is 2.85. The second-order valence-corrected chi connectivity index (χ2v) is 8.89. The van der Waals surface area contributed by atoms with Gasteiger partial charge in [-0.05, 0) is 24.3 Å². The number of aromatic nitrogens is 2. The van der Waals surface area contributed by atoms with Gasteiger partial charge in [-0.3, -0.25) is 9.20 Å². The molecule has 4 aromatic rings. The molecule has 30 heavy (non-hydrogen) atoms. The van der Waals surface area contributed by atoms with Gasteiger partial charge in [-0.2, -0.15) is 5.26 Å². The normalized spacial score (nSPS) is 11.3. The summed E-state index contributed by atoms with van der Waals surface area (Å²) in [6.07, 6.45) is 3.86. The van der Waals surface area contributed by atoms with Gasteiger partial charge in [0.1, 0.15) is 6.07 Å². The van der Waals surface area contributed by atoms with Gasteiger partial charge in [-0.15, -0.1) is 11.3 Å². The number of amides is 1. The van der Waals surface area contributed by atoms with Crippen LogP contribution in [-0.4, -0.2) is 30.3 Å². The number of fused-ring (bicyclic) bond motifs is 1. The van der Waals surface area contributed by atoms with Gasteiger partial charge in [-0.25, -0.2) is 18.1 Å². The Morgan fingerprint density at radius 2 is 1.93 bits per heavy atom. The fourth-order valence-corrected chi connectivity index (χ4v) is 4.67. The molecular formula is C20H15N5O3S2. The summed E-state index contributed by atoms with van der Waals surface area (Å²) in [5, 5.41) is 13.7. The third kappa shape index (κ3) is 4.08. The van der Waals surface area contributed by atoms with Crippen molar-refractivity contribution in [3.63, 3.8) is 0 Å². The fraction of sp³-hybridized carbons (Fsp3) is 0.0500. The Morgan fingerprint density at radius 3 is 2.67 bits per heavy atom. The minimum Gasteiger partial charge on any atom is -0.325 e. The molecule has 0 saturated heterocycles.